The second-order valence-corrected chi connectivity index (χ2v) is 4.54. The summed E-state index contributed by atoms with van der Waals surface area (Å²) < 4.78 is 10.00. The number of hydrogen-bond donors (Lipinski definition) is 1. The van der Waals surface area contributed by atoms with Crippen LogP contribution >= 0.6 is 0 Å². The van der Waals surface area contributed by atoms with Gasteiger partial charge in [0.1, 0.15) is 11.7 Å². The third kappa shape index (κ3) is 8.08. The van der Waals surface area contributed by atoms with Gasteiger partial charge in [-0.25, -0.2) is 4.79 Å². The molecule has 16 heavy (non-hydrogen) atoms. The van der Waals surface area contributed by atoms with Crippen LogP contribution in [0.2, 0.25) is 0 Å². The van der Waals surface area contributed by atoms with Crippen molar-refractivity contribution in [1.82, 2.24) is 5.32 Å². The first-order chi connectivity index (χ1) is 7.24. The fourth-order valence-electron chi connectivity index (χ4n) is 0.891. The highest BCUT2D eigenvalue weighted by Gasteiger charge is 2.17. The lowest BCUT2D eigenvalue weighted by Crippen LogP contribution is -2.37. The summed E-state index contributed by atoms with van der Waals surface area (Å²) in [5.41, 5.74) is -0.520. The molecule has 0 aliphatic rings. The van der Waals surface area contributed by atoms with E-state index in [1.165, 1.54) is 0 Å². The first-order valence-corrected chi connectivity index (χ1v) is 5.41. The van der Waals surface area contributed by atoms with E-state index in [4.69, 9.17) is 9.47 Å². The van der Waals surface area contributed by atoms with Crippen LogP contribution in [0.1, 0.15) is 41.0 Å². The van der Waals surface area contributed by atoms with E-state index in [9.17, 15) is 9.59 Å². The highest BCUT2D eigenvalue weighted by atomic mass is 16.6. The maximum Gasteiger partial charge on any atom is 0.407 e. The molecular weight excluding hydrogens is 210 g/mol. The molecule has 1 atom stereocenters. The summed E-state index contributed by atoms with van der Waals surface area (Å²) in [6, 6.07) is 0. The standard InChI is InChI=1S/C11H21NO4/c1-6-9(13)15-8(2)7-12-10(14)16-11(3,4)5/h8H,6-7H2,1-5H3,(H,12,14). The van der Waals surface area contributed by atoms with Gasteiger partial charge in [-0.3, -0.25) is 4.79 Å². The van der Waals surface area contributed by atoms with Gasteiger partial charge < -0.3 is 14.8 Å². The van der Waals surface area contributed by atoms with Crippen molar-refractivity contribution >= 4 is 12.1 Å². The zero-order valence-electron chi connectivity index (χ0n) is 10.6. The third-order valence-electron chi connectivity index (χ3n) is 1.55. The average Bonchev–Trinajstić information content (AvgIpc) is 2.12. The van der Waals surface area contributed by atoms with Gasteiger partial charge in [-0.2, -0.15) is 0 Å². The lowest BCUT2D eigenvalue weighted by atomic mass is 10.2. The topological polar surface area (TPSA) is 64.6 Å². The fourth-order valence-corrected chi connectivity index (χ4v) is 0.891. The van der Waals surface area contributed by atoms with Crippen LogP contribution in [-0.2, 0) is 14.3 Å². The minimum Gasteiger partial charge on any atom is -0.461 e. The quantitative estimate of drug-likeness (QED) is 0.750. The predicted octanol–water partition coefficient (Wildman–Crippen LogP) is 1.85. The summed E-state index contributed by atoms with van der Waals surface area (Å²) in [4.78, 5) is 22.2. The Labute approximate surface area is 96.5 Å². The Hall–Kier alpha value is -1.26. The maximum atomic E-state index is 11.2. The highest BCUT2D eigenvalue weighted by molar-refractivity contribution is 5.69. The Bertz CT molecular complexity index is 245. The van der Waals surface area contributed by atoms with E-state index in [-0.39, 0.29) is 18.6 Å². The van der Waals surface area contributed by atoms with E-state index in [2.05, 4.69) is 5.32 Å². The number of nitrogens with one attached hydrogen (secondary N) is 1. The number of carbonyl (C=O) groups excluding carboxylic acids is 2. The van der Waals surface area contributed by atoms with Gasteiger partial charge in [0.25, 0.3) is 0 Å². The van der Waals surface area contributed by atoms with E-state index in [0.717, 1.165) is 0 Å². The zero-order chi connectivity index (χ0) is 12.8. The number of amides is 1. The van der Waals surface area contributed by atoms with Gasteiger partial charge in [-0.1, -0.05) is 6.92 Å². The van der Waals surface area contributed by atoms with Crippen LogP contribution in [-0.4, -0.2) is 30.3 Å². The Kier molecular flexibility index (Phi) is 5.85. The number of rotatable bonds is 4. The molecule has 5 heteroatoms. The molecule has 0 fully saturated rings. The van der Waals surface area contributed by atoms with Crippen LogP contribution in [0.25, 0.3) is 0 Å². The summed E-state index contributed by atoms with van der Waals surface area (Å²) in [5.74, 6) is -0.279. The molecule has 0 heterocycles. The molecule has 0 spiro atoms. The van der Waals surface area contributed by atoms with E-state index in [1.807, 2.05) is 0 Å². The van der Waals surface area contributed by atoms with Crippen molar-refractivity contribution in [3.63, 3.8) is 0 Å². The van der Waals surface area contributed by atoms with Gasteiger partial charge in [0.15, 0.2) is 0 Å². The van der Waals surface area contributed by atoms with Gasteiger partial charge in [0, 0.05) is 6.42 Å². The normalized spacial score (nSPS) is 12.8. The molecule has 0 saturated carbocycles. The molecule has 1 N–H and O–H groups in total. The first kappa shape index (κ1) is 14.7. The fraction of sp³-hybridized carbons (Fsp3) is 0.818. The molecule has 0 rings (SSSR count). The summed E-state index contributed by atoms with van der Waals surface area (Å²) in [6.07, 6.45) is -0.525. The molecule has 0 aromatic rings. The maximum absolute atomic E-state index is 11.2. The number of esters is 1. The second-order valence-electron chi connectivity index (χ2n) is 4.54. The molecule has 0 aliphatic carbocycles. The Balaban J connectivity index is 3.79. The summed E-state index contributed by atoms with van der Waals surface area (Å²) in [6.45, 7) is 9.04. The van der Waals surface area contributed by atoms with Crippen LogP contribution in [0.3, 0.4) is 0 Å². The van der Waals surface area contributed by atoms with Crippen molar-refractivity contribution in [3.05, 3.63) is 0 Å². The first-order valence-electron chi connectivity index (χ1n) is 5.41. The SMILES string of the molecule is CCC(=O)OC(C)CNC(=O)OC(C)(C)C. The molecular formula is C11H21NO4. The van der Waals surface area contributed by atoms with Crippen molar-refractivity contribution < 1.29 is 19.1 Å². The summed E-state index contributed by atoms with van der Waals surface area (Å²) in [7, 11) is 0. The minimum absolute atomic E-state index is 0.251. The van der Waals surface area contributed by atoms with Crippen molar-refractivity contribution in [2.75, 3.05) is 6.54 Å². The van der Waals surface area contributed by atoms with Crippen molar-refractivity contribution in [2.45, 2.75) is 52.7 Å². The van der Waals surface area contributed by atoms with E-state index >= 15 is 0 Å². The number of ether oxygens (including phenoxy) is 2. The van der Waals surface area contributed by atoms with Gasteiger partial charge in [0.2, 0.25) is 0 Å². The molecule has 0 aliphatic heterocycles. The molecule has 1 amide bonds. The number of hydrogen-bond acceptors (Lipinski definition) is 4. The Morgan fingerprint density at radius 1 is 1.31 bits per heavy atom. The van der Waals surface area contributed by atoms with Crippen molar-refractivity contribution in [2.24, 2.45) is 0 Å². The number of alkyl carbamates (subject to hydrolysis) is 1. The zero-order valence-corrected chi connectivity index (χ0v) is 10.6. The number of carbonyl (C=O) groups is 2. The van der Waals surface area contributed by atoms with Crippen molar-refractivity contribution in [1.29, 1.82) is 0 Å². The van der Waals surface area contributed by atoms with Crippen LogP contribution < -0.4 is 5.32 Å². The Morgan fingerprint density at radius 3 is 2.31 bits per heavy atom. The van der Waals surface area contributed by atoms with Crippen LogP contribution in [0.4, 0.5) is 4.79 Å². The van der Waals surface area contributed by atoms with E-state index < -0.39 is 11.7 Å². The Morgan fingerprint density at radius 2 is 1.88 bits per heavy atom. The molecule has 0 aromatic heterocycles. The van der Waals surface area contributed by atoms with E-state index in [0.29, 0.717) is 6.42 Å². The third-order valence-corrected chi connectivity index (χ3v) is 1.55. The molecule has 0 aromatic carbocycles. The minimum atomic E-state index is -0.520. The summed E-state index contributed by atoms with van der Waals surface area (Å²) >= 11 is 0. The summed E-state index contributed by atoms with van der Waals surface area (Å²) in [5, 5.41) is 2.53. The largest absolute Gasteiger partial charge is 0.461 e. The molecule has 1 unspecified atom stereocenters. The smallest absolute Gasteiger partial charge is 0.407 e. The van der Waals surface area contributed by atoms with Gasteiger partial charge >= 0.3 is 12.1 Å². The average molecular weight is 231 g/mol. The monoisotopic (exact) mass is 231 g/mol. The molecule has 5 nitrogen and oxygen atoms in total. The van der Waals surface area contributed by atoms with Crippen LogP contribution in [0.5, 0.6) is 0 Å². The predicted molar refractivity (Wildman–Crippen MR) is 60.1 cm³/mol. The lowest BCUT2D eigenvalue weighted by Gasteiger charge is -2.20. The molecule has 94 valence electrons. The molecule has 0 bridgehead atoms. The molecule has 0 radical (unpaired) electrons. The highest BCUT2D eigenvalue weighted by Crippen LogP contribution is 2.06. The van der Waals surface area contributed by atoms with E-state index in [1.54, 1.807) is 34.6 Å². The van der Waals surface area contributed by atoms with Gasteiger partial charge in [-0.05, 0) is 27.7 Å². The lowest BCUT2D eigenvalue weighted by molar-refractivity contribution is -0.147. The van der Waals surface area contributed by atoms with Gasteiger partial charge in [0.05, 0.1) is 6.54 Å². The van der Waals surface area contributed by atoms with Gasteiger partial charge in [-0.15, -0.1) is 0 Å². The molecule has 0 saturated heterocycles. The van der Waals surface area contributed by atoms with Crippen LogP contribution in [0.15, 0.2) is 0 Å². The second kappa shape index (κ2) is 6.35. The van der Waals surface area contributed by atoms with Crippen LogP contribution in [0, 0.1) is 0 Å². The van der Waals surface area contributed by atoms with Crippen molar-refractivity contribution in [3.8, 4) is 0 Å².